The predicted molar refractivity (Wildman–Crippen MR) is 114 cm³/mol. The Morgan fingerprint density at radius 1 is 1.24 bits per heavy atom. The predicted octanol–water partition coefficient (Wildman–Crippen LogP) is -3.17. The first-order valence-corrected chi connectivity index (χ1v) is 11.1. The fourth-order valence-corrected chi connectivity index (χ4v) is 3.99. The zero-order valence-corrected chi connectivity index (χ0v) is 21.6. The molecule has 1 amide bonds. The second-order valence-corrected chi connectivity index (χ2v) is 8.56. The van der Waals surface area contributed by atoms with Crippen molar-refractivity contribution in [1.82, 2.24) is 30.4 Å². The number of tetrazole rings is 1. The molecule has 1 aromatic heterocycles. The van der Waals surface area contributed by atoms with Crippen LogP contribution in [0.5, 0.6) is 0 Å². The van der Waals surface area contributed by atoms with Crippen molar-refractivity contribution in [3.8, 4) is 0 Å². The van der Waals surface area contributed by atoms with Crippen molar-refractivity contribution in [3.05, 3.63) is 41.2 Å². The number of nitrogens with one attached hydrogen (secondary N) is 1. The van der Waals surface area contributed by atoms with Crippen LogP contribution in [0, 0.1) is 5.92 Å². The van der Waals surface area contributed by atoms with Crippen LogP contribution in [0.2, 0.25) is 0 Å². The van der Waals surface area contributed by atoms with E-state index in [2.05, 4.69) is 33.0 Å². The molecule has 2 heterocycles. The molecule has 0 saturated heterocycles. The molecule has 2 unspecified atom stereocenters. The maximum Gasteiger partial charge on any atom is 1.00 e. The molecule has 0 radical (unpaired) electrons. The van der Waals surface area contributed by atoms with E-state index in [9.17, 15) is 19.8 Å². The van der Waals surface area contributed by atoms with E-state index < -0.39 is 18.5 Å². The number of rotatable bonds is 11. The minimum atomic E-state index is -1.30. The maximum atomic E-state index is 12.7. The monoisotopic (exact) mass is 466 g/mol. The molecule has 174 valence electrons. The Hall–Kier alpha value is -1.85. The number of aromatic nitrogens is 4. The second-order valence-electron chi connectivity index (χ2n) is 8.56. The molecule has 2 aromatic rings. The number of hydrogen-bond acceptors (Lipinski definition) is 8. The number of nitrogens with zero attached hydrogens (tertiary/aromatic N) is 5. The summed E-state index contributed by atoms with van der Waals surface area (Å²) in [5.41, 5.74) is 2.52. The zero-order chi connectivity index (χ0) is 23.1. The third kappa shape index (κ3) is 7.86. The van der Waals surface area contributed by atoms with E-state index >= 15 is 0 Å². The standard InChI is InChI=1S/C22H32N6O4.Na/c1-15(2)21(23-13-18(29)12-20(31)32)22-24-25-26-28(22)10-5-8-19(30)27-11-9-16-6-3-4-7-17(16)14-27;/h3-4,6-7,15,18,21,23,29H,5,8-14H2,1-2H3,(H,31,32);/q;+1/p-1. The van der Waals surface area contributed by atoms with Gasteiger partial charge in [0.05, 0.1) is 12.1 Å². The topological polar surface area (TPSA) is 136 Å². The summed E-state index contributed by atoms with van der Waals surface area (Å²) in [6.07, 6.45) is 0.396. The Morgan fingerprint density at radius 2 is 1.97 bits per heavy atom. The number of carboxylic acid groups (broad SMARTS) is 1. The summed E-state index contributed by atoms with van der Waals surface area (Å²) >= 11 is 0. The summed E-state index contributed by atoms with van der Waals surface area (Å²) in [5, 5.41) is 35.6. The number of benzene rings is 1. The van der Waals surface area contributed by atoms with E-state index in [1.54, 1.807) is 4.68 Å². The summed E-state index contributed by atoms with van der Waals surface area (Å²) in [6, 6.07) is 7.96. The molecule has 0 aliphatic carbocycles. The fraction of sp³-hybridized carbons (Fsp3) is 0.591. The van der Waals surface area contributed by atoms with E-state index in [0.717, 1.165) is 13.0 Å². The molecule has 1 aromatic carbocycles. The van der Waals surface area contributed by atoms with E-state index in [4.69, 9.17) is 0 Å². The molecule has 0 fully saturated rings. The van der Waals surface area contributed by atoms with E-state index in [-0.39, 0.29) is 54.0 Å². The van der Waals surface area contributed by atoms with Crippen molar-refractivity contribution in [2.75, 3.05) is 13.1 Å². The van der Waals surface area contributed by atoms with Gasteiger partial charge in [-0.1, -0.05) is 38.1 Å². The Balaban J connectivity index is 0.00000385. The minimum Gasteiger partial charge on any atom is -0.550 e. The molecular weight excluding hydrogens is 435 g/mol. The molecule has 1 aliphatic rings. The molecule has 1 aliphatic heterocycles. The molecule has 2 atom stereocenters. The van der Waals surface area contributed by atoms with Crippen LogP contribution in [-0.4, -0.2) is 61.3 Å². The van der Waals surface area contributed by atoms with E-state index in [1.807, 2.05) is 30.9 Å². The van der Waals surface area contributed by atoms with Gasteiger partial charge in [0.2, 0.25) is 5.91 Å². The molecule has 0 bridgehead atoms. The Bertz CT molecular complexity index is 922. The van der Waals surface area contributed by atoms with Crippen molar-refractivity contribution < 1.29 is 49.4 Å². The van der Waals surface area contributed by atoms with Crippen molar-refractivity contribution in [1.29, 1.82) is 0 Å². The van der Waals surface area contributed by atoms with Gasteiger partial charge in [0, 0.05) is 45.0 Å². The van der Waals surface area contributed by atoms with Gasteiger partial charge in [0.1, 0.15) is 0 Å². The van der Waals surface area contributed by atoms with Gasteiger partial charge in [0.25, 0.3) is 0 Å². The maximum absolute atomic E-state index is 12.7. The van der Waals surface area contributed by atoms with E-state index in [0.29, 0.717) is 31.8 Å². The van der Waals surface area contributed by atoms with Crippen LogP contribution < -0.4 is 40.0 Å². The smallest absolute Gasteiger partial charge is 0.550 e. The summed E-state index contributed by atoms with van der Waals surface area (Å²) < 4.78 is 1.67. The van der Waals surface area contributed by atoms with Crippen molar-refractivity contribution in [2.45, 2.75) is 64.8 Å². The molecule has 33 heavy (non-hydrogen) atoms. The van der Waals surface area contributed by atoms with Gasteiger partial charge in [-0.15, -0.1) is 5.10 Å². The molecule has 2 N–H and O–H groups in total. The Morgan fingerprint density at radius 3 is 2.67 bits per heavy atom. The molecule has 11 heteroatoms. The molecule has 10 nitrogen and oxygen atoms in total. The molecule has 0 spiro atoms. The van der Waals surface area contributed by atoms with Gasteiger partial charge >= 0.3 is 29.6 Å². The number of carbonyl (C=O) groups excluding carboxylic acids is 2. The van der Waals surface area contributed by atoms with Crippen LogP contribution in [0.4, 0.5) is 0 Å². The fourth-order valence-electron chi connectivity index (χ4n) is 3.99. The Kier molecular flexibility index (Phi) is 10.9. The van der Waals surface area contributed by atoms with E-state index in [1.165, 1.54) is 11.1 Å². The summed E-state index contributed by atoms with van der Waals surface area (Å²) in [4.78, 5) is 25.3. The first-order chi connectivity index (χ1) is 15.3. The van der Waals surface area contributed by atoms with Crippen LogP contribution in [0.15, 0.2) is 24.3 Å². The molecule has 0 saturated carbocycles. The van der Waals surface area contributed by atoms with Crippen molar-refractivity contribution in [2.24, 2.45) is 5.92 Å². The van der Waals surface area contributed by atoms with Crippen LogP contribution in [0.3, 0.4) is 0 Å². The number of hydrogen-bond donors (Lipinski definition) is 2. The number of fused-ring (bicyclic) bond motifs is 1. The van der Waals surface area contributed by atoms with Crippen molar-refractivity contribution in [3.63, 3.8) is 0 Å². The van der Waals surface area contributed by atoms with Gasteiger partial charge in [-0.2, -0.15) is 0 Å². The third-order valence-corrected chi connectivity index (χ3v) is 5.72. The zero-order valence-electron chi connectivity index (χ0n) is 19.6. The second kappa shape index (κ2) is 13.1. The van der Waals surface area contributed by atoms with Crippen LogP contribution in [-0.2, 0) is 29.1 Å². The number of carbonyl (C=O) groups is 2. The van der Waals surface area contributed by atoms with Gasteiger partial charge in [-0.3, -0.25) is 4.79 Å². The van der Waals surface area contributed by atoms with Crippen LogP contribution in [0.1, 0.15) is 56.1 Å². The van der Waals surface area contributed by atoms with Crippen LogP contribution >= 0.6 is 0 Å². The Labute approximate surface area is 216 Å². The number of aliphatic hydroxyl groups is 1. The summed E-state index contributed by atoms with van der Waals surface area (Å²) in [7, 11) is 0. The average Bonchev–Trinajstić information content (AvgIpc) is 3.20. The number of aliphatic hydroxyl groups excluding tert-OH is 1. The normalized spacial score (nSPS) is 15.0. The average molecular weight is 467 g/mol. The largest absolute Gasteiger partial charge is 1.00 e. The third-order valence-electron chi connectivity index (χ3n) is 5.72. The number of carboxylic acids is 1. The summed E-state index contributed by atoms with van der Waals surface area (Å²) in [5.74, 6) is -0.477. The minimum absolute atomic E-state index is 0. The van der Waals surface area contributed by atoms with Gasteiger partial charge < -0.3 is 25.2 Å². The first-order valence-electron chi connectivity index (χ1n) is 11.1. The van der Waals surface area contributed by atoms with Crippen molar-refractivity contribution >= 4 is 11.9 Å². The molecular formula is C22H31N6NaO4. The quantitative estimate of drug-likeness (QED) is 0.331. The molecule has 3 rings (SSSR count). The van der Waals surface area contributed by atoms with Gasteiger partial charge in [-0.25, -0.2) is 4.68 Å². The number of amides is 1. The summed E-state index contributed by atoms with van der Waals surface area (Å²) in [6.45, 7) is 5.93. The number of aliphatic carboxylic acids is 1. The number of aryl methyl sites for hydroxylation is 1. The van der Waals surface area contributed by atoms with Gasteiger partial charge in [0.15, 0.2) is 5.82 Å². The first kappa shape index (κ1) is 27.4. The SMILES string of the molecule is CC(C)C(NCC(O)CC(=O)[O-])c1nnnn1CCCC(=O)N1CCc2ccccc2C1.[Na+]. The van der Waals surface area contributed by atoms with Gasteiger partial charge in [-0.05, 0) is 40.3 Å². The van der Waals surface area contributed by atoms with Crippen LogP contribution in [0.25, 0.3) is 0 Å².